The predicted molar refractivity (Wildman–Crippen MR) is 110 cm³/mol. The van der Waals surface area contributed by atoms with Gasteiger partial charge in [-0.05, 0) is 63.8 Å². The number of hydrogen-bond acceptors (Lipinski definition) is 3. The van der Waals surface area contributed by atoms with Gasteiger partial charge in [-0.2, -0.15) is 18.3 Å². The number of halogens is 3. The Labute approximate surface area is 180 Å². The summed E-state index contributed by atoms with van der Waals surface area (Å²) < 4.78 is 44.5. The number of rotatable bonds is 3. The minimum Gasteiger partial charge on any atom is -0.444 e. The van der Waals surface area contributed by atoms with Crippen molar-refractivity contribution < 1.29 is 22.7 Å². The number of aromatic amines is 1. The van der Waals surface area contributed by atoms with Gasteiger partial charge in [0.15, 0.2) is 0 Å². The van der Waals surface area contributed by atoms with Crippen molar-refractivity contribution in [1.29, 1.82) is 0 Å². The minimum absolute atomic E-state index is 0.0164. The largest absolute Gasteiger partial charge is 0.444 e. The highest BCUT2D eigenvalue weighted by Crippen LogP contribution is 2.41. The first-order valence-electron chi connectivity index (χ1n) is 10.7. The van der Waals surface area contributed by atoms with Crippen molar-refractivity contribution in [2.24, 2.45) is 0 Å². The molecule has 4 rings (SSSR count). The van der Waals surface area contributed by atoms with Crippen LogP contribution >= 0.6 is 0 Å². The zero-order valence-corrected chi connectivity index (χ0v) is 18.0. The molecule has 1 saturated carbocycles. The molecular formula is C23H28F3N3O2. The fraction of sp³-hybridized carbons (Fsp3) is 0.565. The highest BCUT2D eigenvalue weighted by molar-refractivity contribution is 5.68. The van der Waals surface area contributed by atoms with E-state index in [2.05, 4.69) is 16.3 Å². The molecule has 1 saturated heterocycles. The van der Waals surface area contributed by atoms with E-state index in [1.165, 1.54) is 12.1 Å². The number of carbonyl (C=O) groups is 1. The molecule has 1 aliphatic carbocycles. The number of carbonyl (C=O) groups excluding carboxylic acids is 1. The SMILES string of the molecule is CC(C)(C)OC(=O)N1CC(c2ccc(C(F)(F)F)cc2)CC(c2cc(C3CC3)[nH]n2)C1. The third-order valence-electron chi connectivity index (χ3n) is 5.86. The monoisotopic (exact) mass is 435 g/mol. The maximum atomic E-state index is 13.0. The topological polar surface area (TPSA) is 58.2 Å². The number of H-pyrrole nitrogens is 1. The van der Waals surface area contributed by atoms with Crippen LogP contribution < -0.4 is 0 Å². The van der Waals surface area contributed by atoms with Crippen LogP contribution in [-0.4, -0.2) is 39.9 Å². The van der Waals surface area contributed by atoms with Crippen LogP contribution in [0.3, 0.4) is 0 Å². The lowest BCUT2D eigenvalue weighted by Gasteiger charge is -2.38. The zero-order valence-electron chi connectivity index (χ0n) is 18.0. The molecule has 5 nitrogen and oxygen atoms in total. The number of alkyl halides is 3. The van der Waals surface area contributed by atoms with Crippen LogP contribution in [0.4, 0.5) is 18.0 Å². The Morgan fingerprint density at radius 3 is 2.29 bits per heavy atom. The van der Waals surface area contributed by atoms with Gasteiger partial charge < -0.3 is 9.64 Å². The number of nitrogens with one attached hydrogen (secondary N) is 1. The second-order valence-corrected chi connectivity index (χ2v) is 9.66. The molecule has 168 valence electrons. The van der Waals surface area contributed by atoms with E-state index in [-0.39, 0.29) is 11.8 Å². The van der Waals surface area contributed by atoms with Gasteiger partial charge in [-0.15, -0.1) is 0 Å². The molecule has 8 heteroatoms. The smallest absolute Gasteiger partial charge is 0.416 e. The Hall–Kier alpha value is -2.51. The Kier molecular flexibility index (Phi) is 5.52. The first kappa shape index (κ1) is 21.7. The zero-order chi connectivity index (χ0) is 22.4. The quantitative estimate of drug-likeness (QED) is 0.662. The predicted octanol–water partition coefficient (Wildman–Crippen LogP) is 5.81. The van der Waals surface area contributed by atoms with Crippen molar-refractivity contribution in [1.82, 2.24) is 15.1 Å². The average Bonchev–Trinajstić information content (AvgIpc) is 3.42. The van der Waals surface area contributed by atoms with Crippen molar-refractivity contribution in [2.75, 3.05) is 13.1 Å². The van der Waals surface area contributed by atoms with Gasteiger partial charge in [-0.3, -0.25) is 5.10 Å². The second-order valence-electron chi connectivity index (χ2n) is 9.66. The van der Waals surface area contributed by atoms with Crippen LogP contribution in [-0.2, 0) is 10.9 Å². The first-order valence-corrected chi connectivity index (χ1v) is 10.7. The van der Waals surface area contributed by atoms with Crippen molar-refractivity contribution in [3.05, 3.63) is 52.8 Å². The molecule has 2 aliphatic rings. The van der Waals surface area contributed by atoms with E-state index >= 15 is 0 Å². The lowest BCUT2D eigenvalue weighted by atomic mass is 9.83. The number of nitrogens with zero attached hydrogens (tertiary/aromatic N) is 2. The van der Waals surface area contributed by atoms with E-state index in [0.29, 0.717) is 25.4 Å². The maximum absolute atomic E-state index is 13.0. The summed E-state index contributed by atoms with van der Waals surface area (Å²) in [5, 5.41) is 7.61. The lowest BCUT2D eigenvalue weighted by molar-refractivity contribution is -0.137. The minimum atomic E-state index is -4.37. The molecule has 0 spiro atoms. The van der Waals surface area contributed by atoms with Crippen molar-refractivity contribution in [2.45, 2.75) is 69.6 Å². The molecule has 1 aliphatic heterocycles. The van der Waals surface area contributed by atoms with Crippen molar-refractivity contribution in [3.8, 4) is 0 Å². The lowest BCUT2D eigenvalue weighted by Crippen LogP contribution is -2.45. The molecule has 2 aromatic rings. The summed E-state index contributed by atoms with van der Waals surface area (Å²) >= 11 is 0. The summed E-state index contributed by atoms with van der Waals surface area (Å²) in [5.41, 5.74) is 1.50. The fourth-order valence-electron chi connectivity index (χ4n) is 4.14. The molecule has 1 N–H and O–H groups in total. The number of aromatic nitrogens is 2. The standard InChI is InChI=1S/C23H28F3N3O2/c1-22(2,3)31-21(30)29-12-16(14-6-8-18(9-7-14)23(24,25)26)10-17(13-29)20-11-19(27-28-20)15-4-5-15/h6-9,11,15-17H,4-5,10,12-13H2,1-3H3,(H,27,28). The Morgan fingerprint density at radius 1 is 1.06 bits per heavy atom. The molecule has 1 amide bonds. The van der Waals surface area contributed by atoms with Gasteiger partial charge in [0.1, 0.15) is 5.60 Å². The van der Waals surface area contributed by atoms with Crippen LogP contribution in [0.15, 0.2) is 30.3 Å². The van der Waals surface area contributed by atoms with E-state index in [9.17, 15) is 18.0 Å². The molecule has 2 fully saturated rings. The number of hydrogen-bond donors (Lipinski definition) is 1. The summed E-state index contributed by atoms with van der Waals surface area (Å²) in [6, 6.07) is 7.32. The van der Waals surface area contributed by atoms with Gasteiger partial charge in [0, 0.05) is 36.5 Å². The number of amides is 1. The Balaban J connectivity index is 1.58. The van der Waals surface area contributed by atoms with Gasteiger partial charge in [0.05, 0.1) is 11.3 Å². The molecule has 31 heavy (non-hydrogen) atoms. The third kappa shape index (κ3) is 5.22. The average molecular weight is 435 g/mol. The van der Waals surface area contributed by atoms with Crippen LogP contribution in [0.5, 0.6) is 0 Å². The van der Waals surface area contributed by atoms with Crippen molar-refractivity contribution >= 4 is 6.09 Å². The van der Waals surface area contributed by atoms with Gasteiger partial charge in [0.2, 0.25) is 0 Å². The summed E-state index contributed by atoms with van der Waals surface area (Å²) in [7, 11) is 0. The van der Waals surface area contributed by atoms with E-state index in [0.717, 1.165) is 41.9 Å². The van der Waals surface area contributed by atoms with Crippen LogP contribution in [0.25, 0.3) is 0 Å². The van der Waals surface area contributed by atoms with Gasteiger partial charge in [0.25, 0.3) is 0 Å². The second kappa shape index (κ2) is 7.88. The highest BCUT2D eigenvalue weighted by Gasteiger charge is 2.36. The molecule has 2 heterocycles. The van der Waals surface area contributed by atoms with E-state index in [1.54, 1.807) is 4.90 Å². The number of piperidine rings is 1. The highest BCUT2D eigenvalue weighted by atomic mass is 19.4. The summed E-state index contributed by atoms with van der Waals surface area (Å²) in [6.07, 6.45) is -1.76. The van der Waals surface area contributed by atoms with Crippen LogP contribution in [0.1, 0.15) is 80.3 Å². The first-order chi connectivity index (χ1) is 14.5. The van der Waals surface area contributed by atoms with Crippen LogP contribution in [0, 0.1) is 0 Å². The van der Waals surface area contributed by atoms with Gasteiger partial charge in [-0.1, -0.05) is 12.1 Å². The van der Waals surface area contributed by atoms with E-state index in [1.807, 2.05) is 20.8 Å². The molecule has 2 unspecified atom stereocenters. The number of ether oxygens (including phenoxy) is 1. The fourth-order valence-corrected chi connectivity index (χ4v) is 4.14. The molecule has 0 radical (unpaired) electrons. The van der Waals surface area contributed by atoms with Crippen molar-refractivity contribution in [3.63, 3.8) is 0 Å². The summed E-state index contributed by atoms with van der Waals surface area (Å²) in [5.74, 6) is 0.421. The summed E-state index contributed by atoms with van der Waals surface area (Å²) in [4.78, 5) is 14.5. The number of likely N-dealkylation sites (tertiary alicyclic amines) is 1. The van der Waals surface area contributed by atoms with E-state index < -0.39 is 23.4 Å². The third-order valence-corrected chi connectivity index (χ3v) is 5.86. The molecule has 0 bridgehead atoms. The molecule has 1 aromatic carbocycles. The Morgan fingerprint density at radius 2 is 1.71 bits per heavy atom. The van der Waals surface area contributed by atoms with E-state index in [4.69, 9.17) is 4.74 Å². The Bertz CT molecular complexity index is 927. The molecular weight excluding hydrogens is 407 g/mol. The molecule has 1 aromatic heterocycles. The maximum Gasteiger partial charge on any atom is 0.416 e. The molecule has 2 atom stereocenters. The normalized spacial score (nSPS) is 22.5. The van der Waals surface area contributed by atoms with Crippen LogP contribution in [0.2, 0.25) is 0 Å². The summed E-state index contributed by atoms with van der Waals surface area (Å²) in [6.45, 7) is 6.32. The van der Waals surface area contributed by atoms with Gasteiger partial charge >= 0.3 is 12.3 Å². The van der Waals surface area contributed by atoms with Gasteiger partial charge in [-0.25, -0.2) is 4.79 Å². The number of benzene rings is 1.